The van der Waals surface area contributed by atoms with Crippen molar-refractivity contribution < 1.29 is 23.8 Å². The van der Waals surface area contributed by atoms with Crippen molar-refractivity contribution in [2.24, 2.45) is 0 Å². The first-order valence-corrected chi connectivity index (χ1v) is 7.67. The van der Waals surface area contributed by atoms with Crippen LogP contribution in [0.5, 0.6) is 5.75 Å². The maximum absolute atomic E-state index is 12.0. The number of amides is 1. The molecule has 0 spiro atoms. The summed E-state index contributed by atoms with van der Waals surface area (Å²) in [6.07, 6.45) is 3.76. The van der Waals surface area contributed by atoms with Crippen molar-refractivity contribution in [3.63, 3.8) is 0 Å². The number of nitrogens with one attached hydrogen (secondary N) is 1. The van der Waals surface area contributed by atoms with Crippen molar-refractivity contribution in [1.29, 1.82) is 0 Å². The zero-order chi connectivity index (χ0) is 16.8. The summed E-state index contributed by atoms with van der Waals surface area (Å²) in [4.78, 5) is 23.5. The van der Waals surface area contributed by atoms with Gasteiger partial charge in [0.05, 0.1) is 24.1 Å². The van der Waals surface area contributed by atoms with E-state index in [9.17, 15) is 14.7 Å². The lowest BCUT2D eigenvalue weighted by Crippen LogP contribution is -2.33. The Balaban J connectivity index is 2.04. The van der Waals surface area contributed by atoms with Crippen LogP contribution in [-0.4, -0.2) is 24.1 Å². The Kier molecular flexibility index (Phi) is 5.81. The summed E-state index contributed by atoms with van der Waals surface area (Å²) in [6.45, 7) is 0. The van der Waals surface area contributed by atoms with Crippen LogP contribution in [0.3, 0.4) is 0 Å². The number of carbonyl (C=O) groups excluding carboxylic acids is 1. The van der Waals surface area contributed by atoms with Crippen LogP contribution in [0.2, 0.25) is 0 Å². The Morgan fingerprint density at radius 2 is 2.17 bits per heavy atom. The summed E-state index contributed by atoms with van der Waals surface area (Å²) in [5.41, 5.74) is 1.35. The molecule has 1 heterocycles. The van der Waals surface area contributed by atoms with Crippen LogP contribution in [0.1, 0.15) is 23.6 Å². The van der Waals surface area contributed by atoms with E-state index in [1.54, 1.807) is 30.5 Å². The van der Waals surface area contributed by atoms with E-state index in [0.29, 0.717) is 22.2 Å². The van der Waals surface area contributed by atoms with Gasteiger partial charge in [-0.2, -0.15) is 0 Å². The van der Waals surface area contributed by atoms with Crippen molar-refractivity contribution in [3.8, 4) is 5.75 Å². The van der Waals surface area contributed by atoms with Gasteiger partial charge in [0.15, 0.2) is 6.04 Å². The van der Waals surface area contributed by atoms with E-state index >= 15 is 0 Å². The molecule has 1 atom stereocenters. The highest BCUT2D eigenvalue weighted by molar-refractivity contribution is 9.10. The van der Waals surface area contributed by atoms with E-state index < -0.39 is 12.0 Å². The fraction of sp³-hybridized carbons (Fsp3) is 0.250. The molecule has 0 bridgehead atoms. The number of benzene rings is 1. The molecule has 1 unspecified atom stereocenters. The van der Waals surface area contributed by atoms with E-state index in [2.05, 4.69) is 21.2 Å². The quantitative estimate of drug-likeness (QED) is 0.769. The summed E-state index contributed by atoms with van der Waals surface area (Å²) in [6, 6.07) is 5.52. The summed E-state index contributed by atoms with van der Waals surface area (Å²) in [5.74, 6) is -0.881. The molecule has 2 aromatic rings. The number of carbonyl (C=O) groups is 2. The fourth-order valence-corrected chi connectivity index (χ4v) is 2.63. The van der Waals surface area contributed by atoms with Gasteiger partial charge in [-0.25, -0.2) is 4.79 Å². The summed E-state index contributed by atoms with van der Waals surface area (Å²) < 4.78 is 10.7. The van der Waals surface area contributed by atoms with Crippen molar-refractivity contribution in [3.05, 3.63) is 52.4 Å². The molecular weight excluding hydrogens is 366 g/mol. The van der Waals surface area contributed by atoms with Crippen LogP contribution in [0.15, 0.2) is 45.7 Å². The van der Waals surface area contributed by atoms with Gasteiger partial charge in [-0.1, -0.05) is 6.07 Å². The van der Waals surface area contributed by atoms with Gasteiger partial charge < -0.3 is 19.6 Å². The zero-order valence-electron chi connectivity index (χ0n) is 12.4. The molecule has 0 aliphatic heterocycles. The molecule has 2 rings (SSSR count). The molecule has 1 aromatic heterocycles. The first-order chi connectivity index (χ1) is 11.0. The average molecular weight is 382 g/mol. The highest BCUT2D eigenvalue weighted by Gasteiger charge is 2.22. The minimum Gasteiger partial charge on any atom is -0.496 e. The van der Waals surface area contributed by atoms with Crippen molar-refractivity contribution in [2.45, 2.75) is 18.9 Å². The van der Waals surface area contributed by atoms with Gasteiger partial charge in [0.2, 0.25) is 5.91 Å². The first kappa shape index (κ1) is 17.1. The molecule has 0 aliphatic carbocycles. The molecule has 0 saturated carbocycles. The SMILES string of the molecule is COc1ccc(C(NC(=O)CCc2ccoc2)C(=O)O)cc1Br. The van der Waals surface area contributed by atoms with Crippen LogP contribution in [0.4, 0.5) is 0 Å². The van der Waals surface area contributed by atoms with Gasteiger partial charge in [0, 0.05) is 6.42 Å². The molecule has 122 valence electrons. The first-order valence-electron chi connectivity index (χ1n) is 6.88. The second-order valence-electron chi connectivity index (χ2n) is 4.86. The lowest BCUT2D eigenvalue weighted by molar-refractivity contribution is -0.142. The Labute approximate surface area is 141 Å². The minimum absolute atomic E-state index is 0.181. The predicted octanol–water partition coefficient (Wildman–Crippen LogP) is 2.93. The fourth-order valence-electron chi connectivity index (χ4n) is 2.08. The third-order valence-electron chi connectivity index (χ3n) is 3.28. The van der Waals surface area contributed by atoms with Crippen molar-refractivity contribution in [2.75, 3.05) is 7.11 Å². The van der Waals surface area contributed by atoms with Gasteiger partial charge in [-0.05, 0) is 51.7 Å². The molecule has 6 nitrogen and oxygen atoms in total. The minimum atomic E-state index is -1.13. The molecule has 23 heavy (non-hydrogen) atoms. The summed E-state index contributed by atoms with van der Waals surface area (Å²) in [5, 5.41) is 11.9. The smallest absolute Gasteiger partial charge is 0.330 e. The Bertz CT molecular complexity index is 684. The van der Waals surface area contributed by atoms with E-state index in [1.807, 2.05) is 0 Å². The van der Waals surface area contributed by atoms with E-state index in [4.69, 9.17) is 9.15 Å². The van der Waals surface area contributed by atoms with Gasteiger partial charge in [0.1, 0.15) is 5.75 Å². The van der Waals surface area contributed by atoms with Gasteiger partial charge >= 0.3 is 5.97 Å². The molecule has 2 N–H and O–H groups in total. The molecule has 1 amide bonds. The lowest BCUT2D eigenvalue weighted by Gasteiger charge is -2.16. The molecule has 0 aliphatic rings. The number of carboxylic acid groups (broad SMARTS) is 1. The number of aliphatic carboxylic acids is 1. The number of hydrogen-bond acceptors (Lipinski definition) is 4. The second kappa shape index (κ2) is 7.82. The Morgan fingerprint density at radius 3 is 2.74 bits per heavy atom. The second-order valence-corrected chi connectivity index (χ2v) is 5.72. The number of ether oxygens (including phenoxy) is 1. The summed E-state index contributed by atoms with van der Waals surface area (Å²) in [7, 11) is 1.52. The van der Waals surface area contributed by atoms with Crippen molar-refractivity contribution in [1.82, 2.24) is 5.32 Å². The molecular formula is C16H16BrNO5. The molecule has 1 aromatic carbocycles. The van der Waals surface area contributed by atoms with E-state index in [-0.39, 0.29) is 12.3 Å². The maximum atomic E-state index is 12.0. The summed E-state index contributed by atoms with van der Waals surface area (Å²) >= 11 is 3.31. The normalized spacial score (nSPS) is 11.7. The third kappa shape index (κ3) is 4.59. The van der Waals surface area contributed by atoms with Gasteiger partial charge in [0.25, 0.3) is 0 Å². The number of rotatable bonds is 7. The topological polar surface area (TPSA) is 88.8 Å². The average Bonchev–Trinajstić information content (AvgIpc) is 3.03. The van der Waals surface area contributed by atoms with E-state index in [1.165, 1.54) is 13.4 Å². The largest absolute Gasteiger partial charge is 0.496 e. The van der Waals surface area contributed by atoms with Crippen LogP contribution in [0.25, 0.3) is 0 Å². The molecule has 0 fully saturated rings. The highest BCUT2D eigenvalue weighted by atomic mass is 79.9. The zero-order valence-corrected chi connectivity index (χ0v) is 14.0. The standard InChI is InChI=1S/C16H16BrNO5/c1-22-13-4-3-11(8-12(13)17)15(16(20)21)18-14(19)5-2-10-6-7-23-9-10/h3-4,6-9,15H,2,5H2,1H3,(H,18,19)(H,20,21). The highest BCUT2D eigenvalue weighted by Crippen LogP contribution is 2.28. The molecule has 7 heteroatoms. The van der Waals surface area contributed by atoms with Crippen LogP contribution < -0.4 is 10.1 Å². The van der Waals surface area contributed by atoms with Crippen LogP contribution in [0, 0.1) is 0 Å². The maximum Gasteiger partial charge on any atom is 0.330 e. The number of halogens is 1. The Hall–Kier alpha value is -2.28. The number of carboxylic acids is 1. The third-order valence-corrected chi connectivity index (χ3v) is 3.90. The van der Waals surface area contributed by atoms with Gasteiger partial charge in [-0.3, -0.25) is 4.79 Å². The number of aryl methyl sites for hydroxylation is 1. The Morgan fingerprint density at radius 1 is 1.39 bits per heavy atom. The number of hydrogen-bond donors (Lipinski definition) is 2. The van der Waals surface area contributed by atoms with Crippen molar-refractivity contribution >= 4 is 27.8 Å². The predicted molar refractivity (Wildman–Crippen MR) is 86.2 cm³/mol. The number of methoxy groups -OCH3 is 1. The lowest BCUT2D eigenvalue weighted by atomic mass is 10.1. The van der Waals surface area contributed by atoms with Gasteiger partial charge in [-0.15, -0.1) is 0 Å². The molecule has 0 saturated heterocycles. The van der Waals surface area contributed by atoms with Crippen LogP contribution >= 0.6 is 15.9 Å². The monoisotopic (exact) mass is 381 g/mol. The number of furan rings is 1. The van der Waals surface area contributed by atoms with Crippen LogP contribution in [-0.2, 0) is 16.0 Å². The molecule has 0 radical (unpaired) electrons. The van der Waals surface area contributed by atoms with E-state index in [0.717, 1.165) is 5.56 Å².